The van der Waals surface area contributed by atoms with Crippen LogP contribution in [0, 0.1) is 17.3 Å². The van der Waals surface area contributed by atoms with Crippen molar-refractivity contribution in [3.05, 3.63) is 0 Å². The van der Waals surface area contributed by atoms with Gasteiger partial charge < -0.3 is 10.0 Å². The molecule has 4 nitrogen and oxygen atoms in total. The van der Waals surface area contributed by atoms with Crippen LogP contribution in [0.15, 0.2) is 0 Å². The molecule has 0 amide bonds. The van der Waals surface area contributed by atoms with Gasteiger partial charge in [0.15, 0.2) is 0 Å². The van der Waals surface area contributed by atoms with Gasteiger partial charge in [-0.1, -0.05) is 13.8 Å². The van der Waals surface area contributed by atoms with Gasteiger partial charge in [0, 0.05) is 18.5 Å². The molecule has 2 saturated heterocycles. The maximum Gasteiger partial charge on any atom is 0.150 e. The minimum Gasteiger partial charge on any atom is -0.396 e. The zero-order valence-corrected chi connectivity index (χ0v) is 13.0. The smallest absolute Gasteiger partial charge is 0.150 e. The first-order chi connectivity index (χ1) is 8.87. The maximum atomic E-state index is 11.4. The van der Waals surface area contributed by atoms with Gasteiger partial charge in [0.25, 0.3) is 0 Å². The van der Waals surface area contributed by atoms with E-state index in [1.807, 2.05) is 0 Å². The Hall–Kier alpha value is -0.130. The second kappa shape index (κ2) is 5.70. The highest BCUT2D eigenvalue weighted by Gasteiger charge is 2.40. The van der Waals surface area contributed by atoms with Gasteiger partial charge >= 0.3 is 0 Å². The van der Waals surface area contributed by atoms with Crippen LogP contribution in [0.3, 0.4) is 0 Å². The predicted octanol–water partition coefficient (Wildman–Crippen LogP) is 1.15. The number of hydrogen-bond acceptors (Lipinski definition) is 4. The molecule has 1 atom stereocenters. The van der Waals surface area contributed by atoms with Crippen molar-refractivity contribution in [1.29, 1.82) is 0 Å². The van der Waals surface area contributed by atoms with E-state index >= 15 is 0 Å². The standard InChI is InChI=1S/C14H27NO3S/c1-12(2)14(11-16)5-6-15(10-14)9-13-3-7-19(17,18)8-4-13/h12-13,16H,3-11H2,1-2H3. The molecule has 112 valence electrons. The molecule has 0 aromatic heterocycles. The van der Waals surface area contributed by atoms with Crippen LogP contribution in [0.4, 0.5) is 0 Å². The Morgan fingerprint density at radius 2 is 1.95 bits per heavy atom. The van der Waals surface area contributed by atoms with E-state index in [0.717, 1.165) is 38.9 Å². The molecule has 0 aromatic rings. The van der Waals surface area contributed by atoms with Crippen molar-refractivity contribution in [2.75, 3.05) is 37.7 Å². The summed E-state index contributed by atoms with van der Waals surface area (Å²) in [5.74, 6) is 1.74. The Kier molecular flexibility index (Phi) is 4.58. The highest BCUT2D eigenvalue weighted by molar-refractivity contribution is 7.91. The molecule has 0 bridgehead atoms. The third kappa shape index (κ3) is 3.50. The summed E-state index contributed by atoms with van der Waals surface area (Å²) in [6.45, 7) is 7.65. The highest BCUT2D eigenvalue weighted by Crippen LogP contribution is 2.38. The van der Waals surface area contributed by atoms with E-state index in [2.05, 4.69) is 18.7 Å². The molecule has 1 unspecified atom stereocenters. The Labute approximate surface area is 117 Å². The lowest BCUT2D eigenvalue weighted by molar-refractivity contribution is 0.0803. The van der Waals surface area contributed by atoms with Crippen LogP contribution in [-0.4, -0.2) is 56.2 Å². The van der Waals surface area contributed by atoms with Crippen molar-refractivity contribution in [1.82, 2.24) is 4.90 Å². The van der Waals surface area contributed by atoms with Gasteiger partial charge in [-0.3, -0.25) is 0 Å². The molecule has 2 fully saturated rings. The fraction of sp³-hybridized carbons (Fsp3) is 1.00. The fourth-order valence-electron chi connectivity index (χ4n) is 3.41. The number of aliphatic hydroxyl groups is 1. The van der Waals surface area contributed by atoms with Crippen molar-refractivity contribution >= 4 is 9.84 Å². The lowest BCUT2D eigenvalue weighted by Gasteiger charge is -2.32. The lowest BCUT2D eigenvalue weighted by atomic mass is 9.77. The third-order valence-electron chi connectivity index (χ3n) is 5.19. The first-order valence-corrected chi connectivity index (χ1v) is 9.23. The van der Waals surface area contributed by atoms with Gasteiger partial charge in [-0.2, -0.15) is 0 Å². The molecule has 2 heterocycles. The zero-order chi connectivity index (χ0) is 14.1. The topological polar surface area (TPSA) is 57.6 Å². The number of likely N-dealkylation sites (tertiary alicyclic amines) is 1. The van der Waals surface area contributed by atoms with Crippen molar-refractivity contribution in [2.24, 2.45) is 17.3 Å². The van der Waals surface area contributed by atoms with Gasteiger partial charge in [0.2, 0.25) is 0 Å². The zero-order valence-electron chi connectivity index (χ0n) is 12.1. The van der Waals surface area contributed by atoms with Crippen molar-refractivity contribution in [2.45, 2.75) is 33.1 Å². The summed E-state index contributed by atoms with van der Waals surface area (Å²) in [7, 11) is -2.75. The highest BCUT2D eigenvalue weighted by atomic mass is 32.2. The van der Waals surface area contributed by atoms with E-state index in [4.69, 9.17) is 0 Å². The Morgan fingerprint density at radius 3 is 2.42 bits per heavy atom. The summed E-state index contributed by atoms with van der Waals surface area (Å²) < 4.78 is 22.9. The summed E-state index contributed by atoms with van der Waals surface area (Å²) in [4.78, 5) is 2.43. The molecule has 5 heteroatoms. The Balaban J connectivity index is 1.86. The number of aliphatic hydroxyl groups excluding tert-OH is 1. The predicted molar refractivity (Wildman–Crippen MR) is 76.8 cm³/mol. The lowest BCUT2D eigenvalue weighted by Crippen LogP contribution is -2.38. The van der Waals surface area contributed by atoms with Crippen LogP contribution in [0.5, 0.6) is 0 Å². The molecule has 1 N–H and O–H groups in total. The molecule has 0 radical (unpaired) electrons. The Bertz CT molecular complexity index is 393. The molecular weight excluding hydrogens is 262 g/mol. The SMILES string of the molecule is CC(C)C1(CO)CCN(CC2CCS(=O)(=O)CC2)C1. The van der Waals surface area contributed by atoms with Gasteiger partial charge in [-0.25, -0.2) is 8.42 Å². The van der Waals surface area contributed by atoms with Crippen molar-refractivity contribution < 1.29 is 13.5 Å². The van der Waals surface area contributed by atoms with Gasteiger partial charge in [-0.05, 0) is 37.6 Å². The molecule has 0 aromatic carbocycles. The molecule has 19 heavy (non-hydrogen) atoms. The summed E-state index contributed by atoms with van der Waals surface area (Å²) in [6.07, 6.45) is 2.69. The van der Waals surface area contributed by atoms with Crippen LogP contribution in [0.2, 0.25) is 0 Å². The van der Waals surface area contributed by atoms with E-state index in [-0.39, 0.29) is 12.0 Å². The first-order valence-electron chi connectivity index (χ1n) is 7.40. The summed E-state index contributed by atoms with van der Waals surface area (Å²) in [6, 6.07) is 0. The monoisotopic (exact) mass is 289 g/mol. The van der Waals surface area contributed by atoms with Crippen LogP contribution in [0.1, 0.15) is 33.1 Å². The van der Waals surface area contributed by atoms with Gasteiger partial charge in [-0.15, -0.1) is 0 Å². The minimum absolute atomic E-state index is 0.0563. The number of rotatable bonds is 4. The van der Waals surface area contributed by atoms with Crippen molar-refractivity contribution in [3.8, 4) is 0 Å². The van der Waals surface area contributed by atoms with Crippen LogP contribution in [-0.2, 0) is 9.84 Å². The summed E-state index contributed by atoms with van der Waals surface area (Å²) >= 11 is 0. The molecule has 2 aliphatic heterocycles. The minimum atomic E-state index is -2.75. The average molecular weight is 289 g/mol. The average Bonchev–Trinajstić information content (AvgIpc) is 2.77. The summed E-state index contributed by atoms with van der Waals surface area (Å²) in [5.41, 5.74) is 0.0563. The first kappa shape index (κ1) is 15.3. The van der Waals surface area contributed by atoms with Gasteiger partial charge in [0.1, 0.15) is 9.84 Å². The molecule has 0 saturated carbocycles. The third-order valence-corrected chi connectivity index (χ3v) is 6.91. The number of nitrogens with zero attached hydrogens (tertiary/aromatic N) is 1. The molecule has 2 aliphatic rings. The second-order valence-electron chi connectivity index (χ2n) is 6.76. The van der Waals surface area contributed by atoms with E-state index in [9.17, 15) is 13.5 Å². The van der Waals surface area contributed by atoms with E-state index in [1.165, 1.54) is 0 Å². The van der Waals surface area contributed by atoms with E-state index < -0.39 is 9.84 Å². The van der Waals surface area contributed by atoms with Crippen LogP contribution in [0.25, 0.3) is 0 Å². The van der Waals surface area contributed by atoms with E-state index in [0.29, 0.717) is 23.3 Å². The number of hydrogen-bond donors (Lipinski definition) is 1. The fourth-order valence-corrected chi connectivity index (χ4v) is 5.00. The largest absolute Gasteiger partial charge is 0.396 e. The normalized spacial score (nSPS) is 33.1. The molecular formula is C14H27NO3S. The molecule has 0 aliphatic carbocycles. The van der Waals surface area contributed by atoms with Crippen molar-refractivity contribution in [3.63, 3.8) is 0 Å². The van der Waals surface area contributed by atoms with Crippen LogP contribution >= 0.6 is 0 Å². The second-order valence-corrected chi connectivity index (χ2v) is 9.06. The van der Waals surface area contributed by atoms with Gasteiger partial charge in [0.05, 0.1) is 18.1 Å². The maximum absolute atomic E-state index is 11.4. The quantitative estimate of drug-likeness (QED) is 0.843. The van der Waals surface area contributed by atoms with Crippen LogP contribution < -0.4 is 0 Å². The Morgan fingerprint density at radius 1 is 1.32 bits per heavy atom. The number of sulfone groups is 1. The molecule has 2 rings (SSSR count). The van der Waals surface area contributed by atoms with E-state index in [1.54, 1.807) is 0 Å². The molecule has 0 spiro atoms. The summed E-state index contributed by atoms with van der Waals surface area (Å²) in [5, 5.41) is 9.67.